The maximum atomic E-state index is 12.4. The topological polar surface area (TPSA) is 50.4 Å². The molecule has 3 rings (SSSR count). The van der Waals surface area contributed by atoms with Crippen LogP contribution in [0.15, 0.2) is 52.9 Å². The number of hydrogen-bond donors (Lipinski definition) is 1. The lowest BCUT2D eigenvalue weighted by molar-refractivity contribution is 0.101. The van der Waals surface area contributed by atoms with Gasteiger partial charge in [0.05, 0.1) is 0 Å². The van der Waals surface area contributed by atoms with Gasteiger partial charge in [0, 0.05) is 22.6 Å². The molecule has 0 unspecified atom stereocenters. The first-order chi connectivity index (χ1) is 9.16. The van der Waals surface area contributed by atoms with Gasteiger partial charge in [0.15, 0.2) is 5.76 Å². The summed E-state index contributed by atoms with van der Waals surface area (Å²) in [6, 6.07) is 13.9. The summed E-state index contributed by atoms with van der Waals surface area (Å²) in [5, 5.41) is 10.3. The van der Waals surface area contributed by atoms with E-state index in [2.05, 4.69) is 0 Å². The van der Waals surface area contributed by atoms with Gasteiger partial charge in [-0.15, -0.1) is 0 Å². The maximum Gasteiger partial charge on any atom is 0.228 e. The molecule has 3 nitrogen and oxygen atoms in total. The molecule has 0 aliphatic carbocycles. The molecule has 0 bridgehead atoms. The molecule has 1 N–H and O–H groups in total. The minimum Gasteiger partial charge on any atom is -0.508 e. The number of phenols is 1. The molecule has 0 aliphatic rings. The van der Waals surface area contributed by atoms with Crippen LogP contribution in [0.25, 0.3) is 11.0 Å². The van der Waals surface area contributed by atoms with Crippen molar-refractivity contribution < 1.29 is 14.3 Å². The third-order valence-corrected chi connectivity index (χ3v) is 3.16. The minimum atomic E-state index is -0.145. The van der Waals surface area contributed by atoms with Crippen molar-refractivity contribution in [1.82, 2.24) is 0 Å². The third kappa shape index (κ3) is 1.89. The number of phenolic OH excluding ortho intramolecular Hbond substituents is 1. The molecule has 94 valence electrons. The van der Waals surface area contributed by atoms with Crippen molar-refractivity contribution in [3.8, 4) is 5.75 Å². The monoisotopic (exact) mass is 252 g/mol. The van der Waals surface area contributed by atoms with Crippen molar-refractivity contribution in [3.63, 3.8) is 0 Å². The Hall–Kier alpha value is -2.55. The van der Waals surface area contributed by atoms with Crippen LogP contribution in [0.4, 0.5) is 0 Å². The fourth-order valence-corrected chi connectivity index (χ4v) is 2.15. The number of carbonyl (C=O) groups is 1. The van der Waals surface area contributed by atoms with Crippen LogP contribution in [-0.2, 0) is 0 Å². The van der Waals surface area contributed by atoms with Crippen LogP contribution < -0.4 is 0 Å². The third-order valence-electron chi connectivity index (χ3n) is 3.16. The smallest absolute Gasteiger partial charge is 0.228 e. The summed E-state index contributed by atoms with van der Waals surface area (Å²) >= 11 is 0. The van der Waals surface area contributed by atoms with Gasteiger partial charge in [-0.1, -0.05) is 30.3 Å². The summed E-state index contributed by atoms with van der Waals surface area (Å²) < 4.78 is 5.59. The highest BCUT2D eigenvalue weighted by Gasteiger charge is 2.19. The highest BCUT2D eigenvalue weighted by Crippen LogP contribution is 2.29. The second-order valence-electron chi connectivity index (χ2n) is 4.43. The molecule has 0 saturated carbocycles. The molecule has 0 spiro atoms. The van der Waals surface area contributed by atoms with Gasteiger partial charge in [0.1, 0.15) is 11.3 Å². The highest BCUT2D eigenvalue weighted by molar-refractivity contribution is 6.10. The van der Waals surface area contributed by atoms with E-state index in [1.807, 2.05) is 25.1 Å². The van der Waals surface area contributed by atoms with Gasteiger partial charge in [0.25, 0.3) is 0 Å². The van der Waals surface area contributed by atoms with Crippen LogP contribution in [0.3, 0.4) is 0 Å². The van der Waals surface area contributed by atoms with Gasteiger partial charge in [-0.05, 0) is 19.1 Å². The lowest BCUT2D eigenvalue weighted by Crippen LogP contribution is -2.00. The zero-order chi connectivity index (χ0) is 13.4. The Morgan fingerprint density at radius 2 is 1.84 bits per heavy atom. The van der Waals surface area contributed by atoms with Gasteiger partial charge in [-0.3, -0.25) is 4.79 Å². The zero-order valence-electron chi connectivity index (χ0n) is 10.4. The maximum absolute atomic E-state index is 12.4. The molecule has 1 aromatic heterocycles. The van der Waals surface area contributed by atoms with E-state index in [0.717, 1.165) is 10.9 Å². The molecule has 0 fully saturated rings. The SMILES string of the molecule is Cc1c(C(=O)c2ccccc2)oc2cc(O)ccc12. The van der Waals surface area contributed by atoms with Crippen LogP contribution in [0.1, 0.15) is 21.7 Å². The van der Waals surface area contributed by atoms with Crippen LogP contribution in [0, 0.1) is 6.92 Å². The summed E-state index contributed by atoms with van der Waals surface area (Å²) in [6.07, 6.45) is 0. The lowest BCUT2D eigenvalue weighted by atomic mass is 10.0. The summed E-state index contributed by atoms with van der Waals surface area (Å²) in [7, 11) is 0. The van der Waals surface area contributed by atoms with Crippen LogP contribution in [-0.4, -0.2) is 10.9 Å². The van der Waals surface area contributed by atoms with Gasteiger partial charge in [-0.25, -0.2) is 0 Å². The molecule has 1 heterocycles. The quantitative estimate of drug-likeness (QED) is 0.708. The van der Waals surface area contributed by atoms with Gasteiger partial charge >= 0.3 is 0 Å². The molecule has 19 heavy (non-hydrogen) atoms. The number of hydrogen-bond acceptors (Lipinski definition) is 3. The molecule has 2 aromatic carbocycles. The number of ketones is 1. The van der Waals surface area contributed by atoms with E-state index in [0.29, 0.717) is 16.9 Å². The van der Waals surface area contributed by atoms with E-state index in [4.69, 9.17) is 4.42 Å². The fourth-order valence-electron chi connectivity index (χ4n) is 2.15. The van der Waals surface area contributed by atoms with Crippen LogP contribution >= 0.6 is 0 Å². The summed E-state index contributed by atoms with van der Waals surface area (Å²) in [4.78, 5) is 12.4. The number of fused-ring (bicyclic) bond motifs is 1. The predicted octanol–water partition coefficient (Wildman–Crippen LogP) is 3.68. The molecule has 0 aliphatic heterocycles. The number of carbonyl (C=O) groups excluding carboxylic acids is 1. The Balaban J connectivity index is 2.16. The Morgan fingerprint density at radius 1 is 1.11 bits per heavy atom. The van der Waals surface area contributed by atoms with Crippen molar-refractivity contribution in [1.29, 1.82) is 0 Å². The molecule has 0 atom stereocenters. The lowest BCUT2D eigenvalue weighted by Gasteiger charge is -1.97. The summed E-state index contributed by atoms with van der Waals surface area (Å²) in [5.74, 6) is 0.306. The van der Waals surface area contributed by atoms with Crippen LogP contribution in [0.2, 0.25) is 0 Å². The van der Waals surface area contributed by atoms with E-state index < -0.39 is 0 Å². The van der Waals surface area contributed by atoms with E-state index in [-0.39, 0.29) is 11.5 Å². The second-order valence-corrected chi connectivity index (χ2v) is 4.43. The first-order valence-electron chi connectivity index (χ1n) is 5.98. The normalized spacial score (nSPS) is 10.8. The van der Waals surface area contributed by atoms with Crippen molar-refractivity contribution >= 4 is 16.8 Å². The zero-order valence-corrected chi connectivity index (χ0v) is 10.4. The Kier molecular flexibility index (Phi) is 2.60. The average Bonchev–Trinajstić information content (AvgIpc) is 2.75. The van der Waals surface area contributed by atoms with Crippen molar-refractivity contribution in [3.05, 3.63) is 65.4 Å². The number of rotatable bonds is 2. The van der Waals surface area contributed by atoms with Crippen molar-refractivity contribution in [2.45, 2.75) is 6.92 Å². The number of benzene rings is 2. The minimum absolute atomic E-state index is 0.125. The molecule has 0 radical (unpaired) electrons. The molecule has 3 aromatic rings. The summed E-state index contributed by atoms with van der Waals surface area (Å²) in [6.45, 7) is 1.85. The molecular weight excluding hydrogens is 240 g/mol. The summed E-state index contributed by atoms with van der Waals surface area (Å²) in [5.41, 5.74) is 1.91. The van der Waals surface area contributed by atoms with Gasteiger partial charge in [0.2, 0.25) is 5.78 Å². The fraction of sp³-hybridized carbons (Fsp3) is 0.0625. The molecular formula is C16H12O3. The van der Waals surface area contributed by atoms with E-state index in [1.54, 1.807) is 24.3 Å². The second kappa shape index (κ2) is 4.28. The first kappa shape index (κ1) is 11.5. The predicted molar refractivity (Wildman–Crippen MR) is 72.5 cm³/mol. The van der Waals surface area contributed by atoms with Gasteiger partial charge < -0.3 is 9.52 Å². The number of aromatic hydroxyl groups is 1. The van der Waals surface area contributed by atoms with E-state index in [9.17, 15) is 9.90 Å². The standard InChI is InChI=1S/C16H12O3/c1-10-13-8-7-12(17)9-14(13)19-16(10)15(18)11-5-3-2-4-6-11/h2-9,17H,1H3. The number of aryl methyl sites for hydroxylation is 1. The van der Waals surface area contributed by atoms with E-state index in [1.165, 1.54) is 6.07 Å². The van der Waals surface area contributed by atoms with Crippen LogP contribution in [0.5, 0.6) is 5.75 Å². The largest absolute Gasteiger partial charge is 0.508 e. The van der Waals surface area contributed by atoms with Crippen molar-refractivity contribution in [2.75, 3.05) is 0 Å². The molecule has 0 amide bonds. The molecule has 3 heteroatoms. The average molecular weight is 252 g/mol. The van der Waals surface area contributed by atoms with E-state index >= 15 is 0 Å². The van der Waals surface area contributed by atoms with Crippen molar-refractivity contribution in [2.24, 2.45) is 0 Å². The Labute approximate surface area is 110 Å². The first-order valence-corrected chi connectivity index (χ1v) is 5.98. The van der Waals surface area contributed by atoms with Gasteiger partial charge in [-0.2, -0.15) is 0 Å². The molecule has 0 saturated heterocycles. The number of furan rings is 1. The Bertz CT molecular complexity index is 754. The highest BCUT2D eigenvalue weighted by atomic mass is 16.3. The Morgan fingerprint density at radius 3 is 2.58 bits per heavy atom.